The highest BCUT2D eigenvalue weighted by molar-refractivity contribution is 5.97. The first-order valence-corrected chi connectivity index (χ1v) is 9.55. The molecule has 6 heteroatoms. The number of para-hydroxylation sites is 1. The average Bonchev–Trinajstić information content (AvgIpc) is 2.67. The van der Waals surface area contributed by atoms with Gasteiger partial charge >= 0.3 is 0 Å². The Morgan fingerprint density at radius 3 is 2.85 bits per heavy atom. The van der Waals surface area contributed by atoms with Crippen molar-refractivity contribution in [2.24, 2.45) is 0 Å². The predicted molar refractivity (Wildman–Crippen MR) is 101 cm³/mol. The number of amides is 1. The Kier molecular flexibility index (Phi) is 6.37. The zero-order valence-electron chi connectivity index (χ0n) is 15.6. The van der Waals surface area contributed by atoms with Crippen LogP contribution in [0.4, 0.5) is 8.78 Å². The Balaban J connectivity index is 1.70. The van der Waals surface area contributed by atoms with Gasteiger partial charge < -0.3 is 10.1 Å². The number of carbonyl (C=O) groups excluding carboxylic acids is 1. The molecule has 0 aliphatic heterocycles. The number of ether oxygens (including phenoxy) is 1. The van der Waals surface area contributed by atoms with E-state index < -0.39 is 18.0 Å². The SMILES string of the molecule is CC(CCF)(COC1CCCCC1)NC(=O)c1cnc2c(F)cccc2c1. The molecular formula is C21H26F2N2O2. The number of halogens is 2. The lowest BCUT2D eigenvalue weighted by Crippen LogP contribution is -2.50. The monoisotopic (exact) mass is 376 g/mol. The summed E-state index contributed by atoms with van der Waals surface area (Å²) in [5.41, 5.74) is -0.266. The minimum Gasteiger partial charge on any atom is -0.376 e. The first-order valence-electron chi connectivity index (χ1n) is 9.55. The number of fused-ring (bicyclic) bond motifs is 1. The summed E-state index contributed by atoms with van der Waals surface area (Å²) in [5.74, 6) is -0.792. The van der Waals surface area contributed by atoms with E-state index >= 15 is 0 Å². The molecule has 1 amide bonds. The van der Waals surface area contributed by atoms with Gasteiger partial charge in [0.2, 0.25) is 0 Å². The summed E-state index contributed by atoms with van der Waals surface area (Å²) in [6.45, 7) is 1.51. The summed E-state index contributed by atoms with van der Waals surface area (Å²) in [6.07, 6.45) is 7.25. The third-order valence-corrected chi connectivity index (χ3v) is 5.18. The van der Waals surface area contributed by atoms with Crippen molar-refractivity contribution in [1.82, 2.24) is 10.3 Å². The number of rotatable bonds is 7. The highest BCUT2D eigenvalue weighted by atomic mass is 19.1. The van der Waals surface area contributed by atoms with Crippen LogP contribution < -0.4 is 5.32 Å². The van der Waals surface area contributed by atoms with Crippen molar-refractivity contribution in [3.8, 4) is 0 Å². The Morgan fingerprint density at radius 2 is 2.11 bits per heavy atom. The summed E-state index contributed by atoms with van der Waals surface area (Å²) in [7, 11) is 0. The predicted octanol–water partition coefficient (Wildman–Crippen LogP) is 4.57. The number of hydrogen-bond donors (Lipinski definition) is 1. The molecule has 1 saturated carbocycles. The second-order valence-electron chi connectivity index (χ2n) is 7.56. The Bertz CT molecular complexity index is 793. The number of aromatic nitrogens is 1. The molecule has 27 heavy (non-hydrogen) atoms. The molecule has 1 aliphatic carbocycles. The van der Waals surface area contributed by atoms with E-state index in [1.54, 1.807) is 25.1 Å². The quantitative estimate of drug-likeness (QED) is 0.770. The molecule has 146 valence electrons. The van der Waals surface area contributed by atoms with E-state index in [1.807, 2.05) is 0 Å². The molecule has 0 saturated heterocycles. The van der Waals surface area contributed by atoms with Gasteiger partial charge in [-0.2, -0.15) is 0 Å². The fraction of sp³-hybridized carbons (Fsp3) is 0.524. The summed E-state index contributed by atoms with van der Waals surface area (Å²) < 4.78 is 32.8. The maximum absolute atomic E-state index is 13.7. The van der Waals surface area contributed by atoms with Gasteiger partial charge in [-0.05, 0) is 31.9 Å². The average molecular weight is 376 g/mol. The van der Waals surface area contributed by atoms with E-state index in [4.69, 9.17) is 4.74 Å². The minimum absolute atomic E-state index is 0.168. The lowest BCUT2D eigenvalue weighted by Gasteiger charge is -2.33. The molecule has 1 atom stereocenters. The van der Waals surface area contributed by atoms with E-state index in [1.165, 1.54) is 18.7 Å². The zero-order valence-corrected chi connectivity index (χ0v) is 15.6. The summed E-state index contributed by atoms with van der Waals surface area (Å²) in [6, 6.07) is 6.20. The van der Waals surface area contributed by atoms with Crippen LogP contribution in [-0.4, -0.2) is 35.8 Å². The standard InChI is InChI=1S/C21H26F2N2O2/c1-21(10-11-22,14-27-17-7-3-2-4-8-17)25-20(26)16-12-15-6-5-9-18(23)19(15)24-13-16/h5-6,9,12-13,17H,2-4,7-8,10-11,14H2,1H3,(H,25,26). The van der Waals surface area contributed by atoms with Crippen molar-refractivity contribution >= 4 is 16.8 Å². The summed E-state index contributed by atoms with van der Waals surface area (Å²) in [5, 5.41) is 3.44. The first kappa shape index (κ1) is 19.7. The van der Waals surface area contributed by atoms with Crippen LogP contribution in [0.1, 0.15) is 55.8 Å². The van der Waals surface area contributed by atoms with Gasteiger partial charge in [0, 0.05) is 18.0 Å². The minimum atomic E-state index is -0.805. The van der Waals surface area contributed by atoms with Crippen LogP contribution in [0.15, 0.2) is 30.5 Å². The number of nitrogens with one attached hydrogen (secondary N) is 1. The molecule has 0 bridgehead atoms. The molecule has 1 N–H and O–H groups in total. The Hall–Kier alpha value is -2.08. The van der Waals surface area contributed by atoms with E-state index in [0.717, 1.165) is 25.7 Å². The van der Waals surface area contributed by atoms with Gasteiger partial charge in [0.05, 0.1) is 30.5 Å². The highest BCUT2D eigenvalue weighted by Gasteiger charge is 2.29. The summed E-state index contributed by atoms with van der Waals surface area (Å²) >= 11 is 0. The molecule has 1 aliphatic rings. The van der Waals surface area contributed by atoms with Gasteiger partial charge in [-0.25, -0.2) is 4.39 Å². The largest absolute Gasteiger partial charge is 0.376 e. The zero-order chi connectivity index (χ0) is 19.3. The smallest absolute Gasteiger partial charge is 0.253 e. The van der Waals surface area contributed by atoms with Crippen LogP contribution in [0.5, 0.6) is 0 Å². The van der Waals surface area contributed by atoms with Gasteiger partial charge in [0.15, 0.2) is 0 Å². The fourth-order valence-electron chi connectivity index (χ4n) is 3.51. The molecule has 1 aromatic heterocycles. The van der Waals surface area contributed by atoms with Crippen LogP contribution >= 0.6 is 0 Å². The lowest BCUT2D eigenvalue weighted by molar-refractivity contribution is -0.00749. The van der Waals surface area contributed by atoms with Crippen molar-refractivity contribution in [3.05, 3.63) is 41.8 Å². The topological polar surface area (TPSA) is 51.2 Å². The van der Waals surface area contributed by atoms with Gasteiger partial charge in [-0.1, -0.05) is 31.4 Å². The molecule has 2 aromatic rings. The number of hydrogen-bond acceptors (Lipinski definition) is 3. The van der Waals surface area contributed by atoms with E-state index in [9.17, 15) is 13.6 Å². The Labute approximate surface area is 158 Å². The molecule has 0 spiro atoms. The van der Waals surface area contributed by atoms with Crippen LogP contribution in [0.2, 0.25) is 0 Å². The molecular weight excluding hydrogens is 350 g/mol. The van der Waals surface area contributed by atoms with Crippen molar-refractivity contribution in [3.63, 3.8) is 0 Å². The van der Waals surface area contributed by atoms with E-state index in [2.05, 4.69) is 10.3 Å². The second kappa shape index (κ2) is 8.74. The van der Waals surface area contributed by atoms with E-state index in [-0.39, 0.29) is 30.6 Å². The number of carbonyl (C=O) groups is 1. The highest BCUT2D eigenvalue weighted by Crippen LogP contribution is 2.23. The maximum Gasteiger partial charge on any atom is 0.253 e. The first-order chi connectivity index (χ1) is 13.0. The normalized spacial score (nSPS) is 17.6. The van der Waals surface area contributed by atoms with Gasteiger partial charge in [0.25, 0.3) is 5.91 Å². The van der Waals surface area contributed by atoms with E-state index in [0.29, 0.717) is 10.9 Å². The molecule has 1 aromatic carbocycles. The van der Waals surface area contributed by atoms with Gasteiger partial charge in [-0.3, -0.25) is 14.2 Å². The molecule has 0 radical (unpaired) electrons. The van der Waals surface area contributed by atoms with Gasteiger partial charge in [-0.15, -0.1) is 0 Å². The number of benzene rings is 1. The van der Waals surface area contributed by atoms with Crippen molar-refractivity contribution in [2.75, 3.05) is 13.3 Å². The number of alkyl halides is 1. The maximum atomic E-state index is 13.7. The van der Waals surface area contributed by atoms with Crippen molar-refractivity contribution in [1.29, 1.82) is 0 Å². The van der Waals surface area contributed by atoms with Crippen molar-refractivity contribution < 1.29 is 18.3 Å². The van der Waals surface area contributed by atoms with Crippen LogP contribution in [-0.2, 0) is 4.74 Å². The molecule has 3 rings (SSSR count). The number of nitrogens with zero attached hydrogens (tertiary/aromatic N) is 1. The Morgan fingerprint density at radius 1 is 1.33 bits per heavy atom. The van der Waals surface area contributed by atoms with Crippen LogP contribution in [0.25, 0.3) is 10.9 Å². The third-order valence-electron chi connectivity index (χ3n) is 5.18. The van der Waals surface area contributed by atoms with Crippen LogP contribution in [0.3, 0.4) is 0 Å². The fourth-order valence-corrected chi connectivity index (χ4v) is 3.51. The van der Waals surface area contributed by atoms with Gasteiger partial charge in [0.1, 0.15) is 11.3 Å². The summed E-state index contributed by atoms with van der Waals surface area (Å²) in [4.78, 5) is 16.7. The van der Waals surface area contributed by atoms with Crippen molar-refractivity contribution in [2.45, 2.75) is 57.1 Å². The lowest BCUT2D eigenvalue weighted by atomic mass is 9.96. The second-order valence-corrected chi connectivity index (χ2v) is 7.56. The third kappa shape index (κ3) is 5.01. The molecule has 1 heterocycles. The molecule has 1 unspecified atom stereocenters. The number of pyridine rings is 1. The molecule has 4 nitrogen and oxygen atoms in total. The van der Waals surface area contributed by atoms with Crippen LogP contribution in [0, 0.1) is 5.82 Å². The molecule has 1 fully saturated rings.